The average molecular weight is 447 g/mol. The molecule has 2 nitrogen and oxygen atoms in total. The van der Waals surface area contributed by atoms with E-state index in [2.05, 4.69) is 49.0 Å². The Bertz CT molecular complexity index is 1040. The normalized spacial score (nSPS) is 40.8. The van der Waals surface area contributed by atoms with Crippen molar-refractivity contribution in [2.24, 2.45) is 28.6 Å². The fourth-order valence-electron chi connectivity index (χ4n) is 8.70. The molecule has 3 heteroatoms. The van der Waals surface area contributed by atoms with Gasteiger partial charge in [0.2, 0.25) is 0 Å². The molecule has 176 valence electrons. The Morgan fingerprint density at radius 1 is 1.06 bits per heavy atom. The minimum Gasteiger partial charge on any atom is -0.303 e. The van der Waals surface area contributed by atoms with E-state index in [0.717, 1.165) is 23.4 Å². The first-order valence-electron chi connectivity index (χ1n) is 13.3. The van der Waals surface area contributed by atoms with Gasteiger partial charge in [-0.25, -0.2) is 4.39 Å². The van der Waals surface area contributed by atoms with E-state index in [0.29, 0.717) is 11.3 Å². The Balaban J connectivity index is 1.25. The summed E-state index contributed by atoms with van der Waals surface area (Å²) in [7, 11) is 2.36. The standard InChI is InChI=1S/C30H39FN2/c1-29-13-11-20(28-6-4-5-15-33(28)3)16-22(29)7-8-24-26-10-9-25(21-17-23(31)19-32-18-21)30(26,2)14-12-27(24)29/h7,9-10,17-20,24,27-28H,4-6,8,11-16H2,1-3H3/t20-,24?,27?,28?,29-,30+/m0/s1. The van der Waals surface area contributed by atoms with Gasteiger partial charge in [-0.3, -0.25) is 4.98 Å². The molecule has 6 atom stereocenters. The van der Waals surface area contributed by atoms with E-state index in [1.54, 1.807) is 17.2 Å². The van der Waals surface area contributed by atoms with E-state index >= 15 is 0 Å². The van der Waals surface area contributed by atoms with Crippen LogP contribution in [0.5, 0.6) is 0 Å². The lowest BCUT2D eigenvalue weighted by molar-refractivity contribution is 0.0404. The molecule has 1 aromatic rings. The lowest BCUT2D eigenvalue weighted by Gasteiger charge is -2.57. The molecule has 0 bridgehead atoms. The fraction of sp³-hybridized carbons (Fsp3) is 0.633. The molecule has 1 saturated heterocycles. The van der Waals surface area contributed by atoms with Crippen molar-refractivity contribution in [3.8, 4) is 0 Å². The highest BCUT2D eigenvalue weighted by atomic mass is 19.1. The predicted molar refractivity (Wildman–Crippen MR) is 133 cm³/mol. The third-order valence-electron chi connectivity index (χ3n) is 10.6. The smallest absolute Gasteiger partial charge is 0.142 e. The van der Waals surface area contributed by atoms with Gasteiger partial charge in [0.1, 0.15) is 5.82 Å². The first-order chi connectivity index (χ1) is 15.9. The summed E-state index contributed by atoms with van der Waals surface area (Å²) in [5.41, 5.74) is 6.00. The van der Waals surface area contributed by atoms with Crippen molar-refractivity contribution in [3.63, 3.8) is 0 Å². The van der Waals surface area contributed by atoms with Gasteiger partial charge in [-0.05, 0) is 105 Å². The number of hydrogen-bond acceptors (Lipinski definition) is 2. The SMILES string of the molecule is CN1CCCCC1[C@H]1CC[C@@]2(C)C(=CCC3C4=CC=C(c5cncc(F)c5)[C@@]4(C)CCC32)C1. The summed E-state index contributed by atoms with van der Waals surface area (Å²) in [5.74, 6) is 1.98. The van der Waals surface area contributed by atoms with Gasteiger partial charge in [-0.15, -0.1) is 0 Å². The summed E-state index contributed by atoms with van der Waals surface area (Å²) in [6.07, 6.45) is 22.3. The molecule has 0 aromatic carbocycles. The molecule has 5 aliphatic rings. The second-order valence-corrected chi connectivity index (χ2v) is 12.1. The van der Waals surface area contributed by atoms with Gasteiger partial charge >= 0.3 is 0 Å². The molecule has 2 saturated carbocycles. The Kier molecular flexibility index (Phi) is 5.21. The summed E-state index contributed by atoms with van der Waals surface area (Å²) in [5, 5.41) is 0. The molecule has 2 heterocycles. The number of pyridine rings is 1. The zero-order valence-corrected chi connectivity index (χ0v) is 20.6. The van der Waals surface area contributed by atoms with Gasteiger partial charge in [-0.2, -0.15) is 0 Å². The second-order valence-electron chi connectivity index (χ2n) is 12.1. The number of rotatable bonds is 2. The van der Waals surface area contributed by atoms with Crippen LogP contribution in [-0.2, 0) is 0 Å². The zero-order chi connectivity index (χ0) is 22.8. The number of piperidine rings is 1. The van der Waals surface area contributed by atoms with Crippen molar-refractivity contribution in [1.82, 2.24) is 9.88 Å². The zero-order valence-electron chi connectivity index (χ0n) is 20.6. The highest BCUT2D eigenvalue weighted by molar-refractivity contribution is 5.78. The maximum Gasteiger partial charge on any atom is 0.142 e. The van der Waals surface area contributed by atoms with Gasteiger partial charge in [0.15, 0.2) is 0 Å². The van der Waals surface area contributed by atoms with Gasteiger partial charge in [0.25, 0.3) is 0 Å². The van der Waals surface area contributed by atoms with Crippen LogP contribution in [0.1, 0.15) is 77.2 Å². The maximum atomic E-state index is 13.9. The average Bonchev–Trinajstić information content (AvgIpc) is 3.16. The number of likely N-dealkylation sites (tertiary alicyclic amines) is 1. The summed E-state index contributed by atoms with van der Waals surface area (Å²) in [6, 6.07) is 2.46. The van der Waals surface area contributed by atoms with E-state index in [-0.39, 0.29) is 11.2 Å². The molecule has 4 aliphatic carbocycles. The summed E-state index contributed by atoms with van der Waals surface area (Å²) in [6.45, 7) is 6.28. The molecule has 1 aliphatic heterocycles. The highest BCUT2D eigenvalue weighted by Crippen LogP contribution is 2.65. The quantitative estimate of drug-likeness (QED) is 0.447. The molecule has 3 fully saturated rings. The van der Waals surface area contributed by atoms with E-state index in [1.807, 2.05) is 6.20 Å². The number of hydrogen-bond donors (Lipinski definition) is 0. The monoisotopic (exact) mass is 446 g/mol. The first-order valence-corrected chi connectivity index (χ1v) is 13.3. The van der Waals surface area contributed by atoms with Crippen molar-refractivity contribution in [2.45, 2.75) is 77.7 Å². The van der Waals surface area contributed by atoms with Crippen molar-refractivity contribution >= 4 is 5.57 Å². The lowest BCUT2D eigenvalue weighted by Crippen LogP contribution is -2.49. The van der Waals surface area contributed by atoms with Crippen molar-refractivity contribution in [3.05, 3.63) is 59.2 Å². The molecule has 1 aromatic heterocycles. The van der Waals surface area contributed by atoms with Gasteiger partial charge < -0.3 is 4.90 Å². The Morgan fingerprint density at radius 3 is 2.76 bits per heavy atom. The van der Waals surface area contributed by atoms with Crippen LogP contribution in [0, 0.1) is 34.4 Å². The lowest BCUT2D eigenvalue weighted by atomic mass is 9.48. The van der Waals surface area contributed by atoms with Crippen LogP contribution in [0.4, 0.5) is 4.39 Å². The van der Waals surface area contributed by atoms with E-state index < -0.39 is 0 Å². The Labute approximate surface area is 199 Å². The van der Waals surface area contributed by atoms with Gasteiger partial charge in [-0.1, -0.05) is 49.6 Å². The Morgan fingerprint density at radius 2 is 1.94 bits per heavy atom. The van der Waals surface area contributed by atoms with Gasteiger partial charge in [0, 0.05) is 17.7 Å². The molecule has 6 rings (SSSR count). The highest BCUT2D eigenvalue weighted by Gasteiger charge is 2.54. The van der Waals surface area contributed by atoms with Crippen LogP contribution in [0.3, 0.4) is 0 Å². The minimum atomic E-state index is -0.239. The first kappa shape index (κ1) is 21.8. The van der Waals surface area contributed by atoms with Crippen molar-refractivity contribution in [1.29, 1.82) is 0 Å². The summed E-state index contributed by atoms with van der Waals surface area (Å²) < 4.78 is 13.9. The molecule has 0 N–H and O–H groups in total. The van der Waals surface area contributed by atoms with Crippen LogP contribution in [-0.4, -0.2) is 29.5 Å². The number of halogens is 1. The van der Waals surface area contributed by atoms with Crippen LogP contribution in [0.2, 0.25) is 0 Å². The number of allylic oxidation sites excluding steroid dienone is 6. The summed E-state index contributed by atoms with van der Waals surface area (Å²) in [4.78, 5) is 6.80. The molecule has 0 amide bonds. The fourth-order valence-corrected chi connectivity index (χ4v) is 8.70. The molecular weight excluding hydrogens is 407 g/mol. The second kappa shape index (κ2) is 7.90. The third kappa shape index (κ3) is 3.32. The van der Waals surface area contributed by atoms with Crippen LogP contribution >= 0.6 is 0 Å². The maximum absolute atomic E-state index is 13.9. The van der Waals surface area contributed by atoms with Crippen LogP contribution < -0.4 is 0 Å². The topological polar surface area (TPSA) is 16.1 Å². The van der Waals surface area contributed by atoms with E-state index in [9.17, 15) is 4.39 Å². The number of aromatic nitrogens is 1. The molecule has 0 spiro atoms. The molecule has 33 heavy (non-hydrogen) atoms. The third-order valence-corrected chi connectivity index (χ3v) is 10.6. The molecule has 3 unspecified atom stereocenters. The Hall–Kier alpha value is -1.74. The van der Waals surface area contributed by atoms with E-state index in [1.165, 1.54) is 76.1 Å². The predicted octanol–water partition coefficient (Wildman–Crippen LogP) is 7.20. The van der Waals surface area contributed by atoms with Crippen molar-refractivity contribution in [2.75, 3.05) is 13.6 Å². The minimum absolute atomic E-state index is 0.0281. The summed E-state index contributed by atoms with van der Waals surface area (Å²) >= 11 is 0. The molecule has 0 radical (unpaired) electrons. The van der Waals surface area contributed by atoms with E-state index in [4.69, 9.17) is 0 Å². The number of fused-ring (bicyclic) bond motifs is 5. The van der Waals surface area contributed by atoms with Crippen LogP contribution in [0.15, 0.2) is 47.8 Å². The van der Waals surface area contributed by atoms with Gasteiger partial charge in [0.05, 0.1) is 6.20 Å². The molecular formula is C30H39FN2. The van der Waals surface area contributed by atoms with Crippen LogP contribution in [0.25, 0.3) is 5.57 Å². The largest absolute Gasteiger partial charge is 0.303 e. The number of nitrogens with zero attached hydrogens (tertiary/aromatic N) is 2. The van der Waals surface area contributed by atoms with Crippen molar-refractivity contribution < 1.29 is 4.39 Å².